The van der Waals surface area contributed by atoms with Crippen LogP contribution in [-0.2, 0) is 14.2 Å². The molecule has 0 aromatic carbocycles. The van der Waals surface area contributed by atoms with Crippen molar-refractivity contribution < 1.29 is 50.0 Å². The van der Waals surface area contributed by atoms with E-state index >= 15 is 0 Å². The molecule has 0 saturated carbocycles. The molecule has 2 aliphatic heterocycles. The SMILES string of the molecule is C[C@@H]1O[C@@H](O[C@H]2[C@H](O)[C@@H](CO)OC(O)[C@H]2O)[C@@H](O)[C@H](O)[C@@H]1O. The highest BCUT2D eigenvalue weighted by molar-refractivity contribution is 4.93. The first-order valence-electron chi connectivity index (χ1n) is 6.93. The number of rotatable bonds is 3. The molecule has 0 aromatic rings. The number of ether oxygens (including phenoxy) is 3. The Kier molecular flexibility index (Phi) is 5.72. The molecule has 2 rings (SSSR count). The van der Waals surface area contributed by atoms with Gasteiger partial charge in [-0.05, 0) is 6.92 Å². The average molecular weight is 326 g/mol. The smallest absolute Gasteiger partial charge is 0.187 e. The molecule has 2 aliphatic rings. The Morgan fingerprint density at radius 1 is 0.818 bits per heavy atom. The van der Waals surface area contributed by atoms with Gasteiger partial charge < -0.3 is 50.0 Å². The lowest BCUT2D eigenvalue weighted by Gasteiger charge is -2.44. The minimum Gasteiger partial charge on any atom is -0.394 e. The van der Waals surface area contributed by atoms with Crippen molar-refractivity contribution in [1.29, 1.82) is 0 Å². The van der Waals surface area contributed by atoms with Crippen molar-refractivity contribution in [2.24, 2.45) is 0 Å². The van der Waals surface area contributed by atoms with E-state index < -0.39 is 68.0 Å². The van der Waals surface area contributed by atoms with Crippen LogP contribution in [0.1, 0.15) is 6.92 Å². The minimum atomic E-state index is -1.71. The van der Waals surface area contributed by atoms with E-state index in [1.807, 2.05) is 0 Å². The minimum absolute atomic E-state index is 0.628. The lowest BCUT2D eigenvalue weighted by molar-refractivity contribution is -0.352. The topological polar surface area (TPSA) is 169 Å². The first-order valence-corrected chi connectivity index (χ1v) is 6.93. The van der Waals surface area contributed by atoms with Crippen LogP contribution in [0.4, 0.5) is 0 Å². The van der Waals surface area contributed by atoms with Crippen molar-refractivity contribution in [3.63, 3.8) is 0 Å². The zero-order valence-corrected chi connectivity index (χ0v) is 11.8. The highest BCUT2D eigenvalue weighted by atomic mass is 16.7. The Bertz CT molecular complexity index is 368. The van der Waals surface area contributed by atoms with Crippen LogP contribution in [0.5, 0.6) is 0 Å². The normalized spacial score (nSPS) is 53.5. The zero-order chi connectivity index (χ0) is 16.6. The molecule has 2 saturated heterocycles. The number of aliphatic hydroxyl groups excluding tert-OH is 7. The van der Waals surface area contributed by atoms with Gasteiger partial charge in [-0.2, -0.15) is 0 Å². The third kappa shape index (κ3) is 3.26. The molecule has 0 aliphatic carbocycles. The summed E-state index contributed by atoms with van der Waals surface area (Å²) in [6, 6.07) is 0. The van der Waals surface area contributed by atoms with Gasteiger partial charge in [-0.1, -0.05) is 0 Å². The Morgan fingerprint density at radius 2 is 1.45 bits per heavy atom. The molecule has 2 fully saturated rings. The molecule has 130 valence electrons. The third-order valence-electron chi connectivity index (χ3n) is 3.94. The van der Waals surface area contributed by atoms with E-state index in [1.54, 1.807) is 0 Å². The number of aliphatic hydroxyl groups is 7. The molecule has 7 N–H and O–H groups in total. The maximum Gasteiger partial charge on any atom is 0.187 e. The molecule has 22 heavy (non-hydrogen) atoms. The summed E-state index contributed by atoms with van der Waals surface area (Å²) < 4.78 is 15.3. The molecule has 10 heteroatoms. The molecule has 10 nitrogen and oxygen atoms in total. The van der Waals surface area contributed by atoms with Gasteiger partial charge >= 0.3 is 0 Å². The average Bonchev–Trinajstić information content (AvgIpc) is 2.50. The Balaban J connectivity index is 2.10. The standard InChI is InChI=1S/C12H22O10/c1-3-5(14)7(16)8(17)12(20-3)22-10-6(15)4(2-13)21-11(19)9(10)18/h3-19H,2H2,1H3/t3-,4+,5+,6+,7+,8-,9-,10-,11?,12-/m0/s1. The van der Waals surface area contributed by atoms with Gasteiger partial charge in [-0.15, -0.1) is 0 Å². The summed E-state index contributed by atoms with van der Waals surface area (Å²) in [6.07, 6.45) is -14.3. The monoisotopic (exact) mass is 326 g/mol. The molecule has 2 heterocycles. The first-order chi connectivity index (χ1) is 10.3. The van der Waals surface area contributed by atoms with Crippen molar-refractivity contribution in [2.75, 3.05) is 6.61 Å². The van der Waals surface area contributed by atoms with Gasteiger partial charge in [-0.25, -0.2) is 0 Å². The van der Waals surface area contributed by atoms with E-state index in [4.69, 9.17) is 19.3 Å². The van der Waals surface area contributed by atoms with Crippen molar-refractivity contribution in [3.05, 3.63) is 0 Å². The maximum absolute atomic E-state index is 9.99. The molecular weight excluding hydrogens is 304 g/mol. The molecule has 0 aromatic heterocycles. The fourth-order valence-electron chi connectivity index (χ4n) is 2.51. The Labute approximate surface area is 126 Å². The van der Waals surface area contributed by atoms with Crippen LogP contribution < -0.4 is 0 Å². The Morgan fingerprint density at radius 3 is 2.05 bits per heavy atom. The molecular formula is C12H22O10. The number of hydrogen-bond donors (Lipinski definition) is 7. The van der Waals surface area contributed by atoms with Crippen molar-refractivity contribution in [1.82, 2.24) is 0 Å². The van der Waals surface area contributed by atoms with Crippen LogP contribution in [0.25, 0.3) is 0 Å². The second-order valence-corrected chi connectivity index (χ2v) is 5.51. The van der Waals surface area contributed by atoms with E-state index in [9.17, 15) is 30.6 Å². The van der Waals surface area contributed by atoms with Gasteiger partial charge in [0.05, 0.1) is 12.7 Å². The lowest BCUT2D eigenvalue weighted by Crippen LogP contribution is -2.63. The maximum atomic E-state index is 9.99. The summed E-state index contributed by atoms with van der Waals surface area (Å²) in [4.78, 5) is 0. The van der Waals surface area contributed by atoms with Gasteiger partial charge in [0.2, 0.25) is 0 Å². The van der Waals surface area contributed by atoms with E-state index in [0.717, 1.165) is 0 Å². The predicted molar refractivity (Wildman–Crippen MR) is 67.2 cm³/mol. The Hall–Kier alpha value is -0.400. The summed E-state index contributed by atoms with van der Waals surface area (Å²) in [6.45, 7) is 0.814. The van der Waals surface area contributed by atoms with Crippen molar-refractivity contribution in [2.45, 2.75) is 68.3 Å². The van der Waals surface area contributed by atoms with E-state index in [-0.39, 0.29) is 0 Å². The molecule has 1 unspecified atom stereocenters. The molecule has 0 spiro atoms. The van der Waals surface area contributed by atoms with Gasteiger partial charge in [0, 0.05) is 0 Å². The van der Waals surface area contributed by atoms with E-state index in [2.05, 4.69) is 0 Å². The fourth-order valence-corrected chi connectivity index (χ4v) is 2.51. The number of hydrogen-bond acceptors (Lipinski definition) is 10. The van der Waals surface area contributed by atoms with Crippen LogP contribution in [0.15, 0.2) is 0 Å². The molecule has 0 amide bonds. The van der Waals surface area contributed by atoms with Crippen LogP contribution in [0.3, 0.4) is 0 Å². The fraction of sp³-hybridized carbons (Fsp3) is 1.00. The van der Waals surface area contributed by atoms with E-state index in [0.29, 0.717) is 0 Å². The molecule has 10 atom stereocenters. The zero-order valence-electron chi connectivity index (χ0n) is 11.8. The predicted octanol–water partition coefficient (Wildman–Crippen LogP) is -4.37. The second kappa shape index (κ2) is 7.01. The summed E-state index contributed by atoms with van der Waals surface area (Å²) in [5, 5.41) is 67.6. The summed E-state index contributed by atoms with van der Waals surface area (Å²) in [5.74, 6) is 0. The largest absolute Gasteiger partial charge is 0.394 e. The summed E-state index contributed by atoms with van der Waals surface area (Å²) in [7, 11) is 0. The highest BCUT2D eigenvalue weighted by Crippen LogP contribution is 2.28. The van der Waals surface area contributed by atoms with Crippen LogP contribution in [0.2, 0.25) is 0 Å². The van der Waals surface area contributed by atoms with Gasteiger partial charge in [0.1, 0.15) is 42.7 Å². The van der Waals surface area contributed by atoms with Gasteiger partial charge in [0.15, 0.2) is 12.6 Å². The second-order valence-electron chi connectivity index (χ2n) is 5.51. The van der Waals surface area contributed by atoms with Crippen LogP contribution in [-0.4, -0.2) is 104 Å². The summed E-state index contributed by atoms with van der Waals surface area (Å²) in [5.41, 5.74) is 0. The lowest BCUT2D eigenvalue weighted by atomic mass is 9.97. The van der Waals surface area contributed by atoms with Gasteiger partial charge in [-0.3, -0.25) is 0 Å². The van der Waals surface area contributed by atoms with Crippen LogP contribution in [0, 0.1) is 0 Å². The third-order valence-corrected chi connectivity index (χ3v) is 3.94. The van der Waals surface area contributed by atoms with E-state index in [1.165, 1.54) is 6.92 Å². The van der Waals surface area contributed by atoms with Crippen LogP contribution >= 0.6 is 0 Å². The molecule has 0 bridgehead atoms. The molecule has 0 radical (unpaired) electrons. The first kappa shape index (κ1) is 17.9. The van der Waals surface area contributed by atoms with Crippen molar-refractivity contribution >= 4 is 0 Å². The quantitative estimate of drug-likeness (QED) is 0.269. The van der Waals surface area contributed by atoms with Gasteiger partial charge in [0.25, 0.3) is 0 Å². The van der Waals surface area contributed by atoms with Crippen molar-refractivity contribution in [3.8, 4) is 0 Å². The highest BCUT2D eigenvalue weighted by Gasteiger charge is 2.49. The summed E-state index contributed by atoms with van der Waals surface area (Å²) >= 11 is 0.